The summed E-state index contributed by atoms with van der Waals surface area (Å²) in [6.45, 7) is 1.96. The van der Waals surface area contributed by atoms with Crippen LogP contribution in [0.1, 0.15) is 37.4 Å². The lowest BCUT2D eigenvalue weighted by Crippen LogP contribution is -2.22. The average Bonchev–Trinajstić information content (AvgIpc) is 2.63. The van der Waals surface area contributed by atoms with Gasteiger partial charge < -0.3 is 10.4 Å². The Kier molecular flexibility index (Phi) is 3.39. The van der Waals surface area contributed by atoms with Crippen molar-refractivity contribution in [2.75, 3.05) is 5.32 Å². The molecule has 4 rings (SSSR count). The zero-order valence-corrected chi connectivity index (χ0v) is 13.5. The first kappa shape index (κ1) is 15.1. The molecule has 0 fully saturated rings. The molecule has 0 aliphatic heterocycles. The highest BCUT2D eigenvalue weighted by atomic mass is 16.3. The van der Waals surface area contributed by atoms with Crippen molar-refractivity contribution in [2.24, 2.45) is 0 Å². The molecule has 0 heterocycles. The average molecular weight is 329 g/mol. The molecular formula is C21H15NO3. The van der Waals surface area contributed by atoms with Gasteiger partial charge in [-0.15, -0.1) is 0 Å². The van der Waals surface area contributed by atoms with Crippen LogP contribution in [0, 0.1) is 6.92 Å². The van der Waals surface area contributed by atoms with E-state index in [2.05, 4.69) is 5.32 Å². The third kappa shape index (κ3) is 2.31. The highest BCUT2D eigenvalue weighted by molar-refractivity contribution is 6.31. The van der Waals surface area contributed by atoms with Gasteiger partial charge in [-0.3, -0.25) is 9.59 Å². The van der Waals surface area contributed by atoms with Gasteiger partial charge in [0.2, 0.25) is 0 Å². The molecule has 1 aliphatic rings. The second-order valence-corrected chi connectivity index (χ2v) is 6.03. The van der Waals surface area contributed by atoms with Crippen LogP contribution in [0.25, 0.3) is 0 Å². The Bertz CT molecular complexity index is 1040. The fraction of sp³-hybridized carbons (Fsp3) is 0.0476. The molecule has 4 heteroatoms. The lowest BCUT2D eigenvalue weighted by Gasteiger charge is -2.22. The lowest BCUT2D eigenvalue weighted by molar-refractivity contribution is 0.0977. The number of aryl methyl sites for hydroxylation is 1. The number of aromatic hydroxyl groups is 1. The topological polar surface area (TPSA) is 66.4 Å². The number of fused-ring (bicyclic) bond motifs is 2. The van der Waals surface area contributed by atoms with Crippen molar-refractivity contribution in [2.45, 2.75) is 6.92 Å². The summed E-state index contributed by atoms with van der Waals surface area (Å²) in [5.41, 5.74) is 3.32. The zero-order chi connectivity index (χ0) is 17.6. The van der Waals surface area contributed by atoms with Gasteiger partial charge in [-0.05, 0) is 30.7 Å². The zero-order valence-electron chi connectivity index (χ0n) is 13.5. The summed E-state index contributed by atoms with van der Waals surface area (Å²) in [4.78, 5) is 25.8. The third-order valence-corrected chi connectivity index (χ3v) is 4.47. The molecule has 0 bridgehead atoms. The summed E-state index contributed by atoms with van der Waals surface area (Å²) in [5, 5.41) is 13.4. The van der Waals surface area contributed by atoms with Gasteiger partial charge in [0.25, 0.3) is 0 Å². The third-order valence-electron chi connectivity index (χ3n) is 4.47. The Hall–Kier alpha value is -3.40. The van der Waals surface area contributed by atoms with Crippen LogP contribution in [0.4, 0.5) is 11.4 Å². The molecule has 3 aromatic carbocycles. The van der Waals surface area contributed by atoms with E-state index in [1.165, 1.54) is 6.07 Å². The lowest BCUT2D eigenvalue weighted by atomic mass is 9.82. The van der Waals surface area contributed by atoms with Gasteiger partial charge in [-0.25, -0.2) is 0 Å². The van der Waals surface area contributed by atoms with Crippen LogP contribution in [0.15, 0.2) is 60.7 Å². The minimum absolute atomic E-state index is 0.0577. The Balaban J connectivity index is 1.92. The maximum Gasteiger partial charge on any atom is 0.198 e. The van der Waals surface area contributed by atoms with Gasteiger partial charge >= 0.3 is 0 Å². The van der Waals surface area contributed by atoms with Crippen molar-refractivity contribution in [1.29, 1.82) is 0 Å². The van der Waals surface area contributed by atoms with Crippen molar-refractivity contribution in [3.05, 3.63) is 88.5 Å². The van der Waals surface area contributed by atoms with Crippen molar-refractivity contribution in [3.63, 3.8) is 0 Å². The van der Waals surface area contributed by atoms with E-state index in [0.717, 1.165) is 11.3 Å². The van der Waals surface area contributed by atoms with Crippen LogP contribution >= 0.6 is 0 Å². The van der Waals surface area contributed by atoms with Crippen LogP contribution < -0.4 is 5.32 Å². The number of hydrogen-bond acceptors (Lipinski definition) is 4. The highest BCUT2D eigenvalue weighted by Crippen LogP contribution is 2.38. The van der Waals surface area contributed by atoms with Gasteiger partial charge in [0, 0.05) is 16.8 Å². The fourth-order valence-corrected chi connectivity index (χ4v) is 3.17. The van der Waals surface area contributed by atoms with Gasteiger partial charge in [-0.1, -0.05) is 42.5 Å². The minimum atomic E-state index is -0.337. The normalized spacial score (nSPS) is 12.5. The van der Waals surface area contributed by atoms with Gasteiger partial charge in [0.15, 0.2) is 11.6 Å². The minimum Gasteiger partial charge on any atom is -0.507 e. The first-order valence-corrected chi connectivity index (χ1v) is 7.95. The monoisotopic (exact) mass is 329 g/mol. The largest absolute Gasteiger partial charge is 0.507 e. The Labute approximate surface area is 144 Å². The molecule has 0 spiro atoms. The van der Waals surface area contributed by atoms with Crippen LogP contribution in [-0.4, -0.2) is 16.7 Å². The molecule has 0 aromatic heterocycles. The summed E-state index contributed by atoms with van der Waals surface area (Å²) in [7, 11) is 0. The molecular weight excluding hydrogens is 314 g/mol. The second kappa shape index (κ2) is 5.60. The summed E-state index contributed by atoms with van der Waals surface area (Å²) in [5.74, 6) is -0.786. The maximum absolute atomic E-state index is 13.0. The summed E-state index contributed by atoms with van der Waals surface area (Å²) in [6.07, 6.45) is 0. The molecule has 0 atom stereocenters. The number of hydrogen-bond donors (Lipinski definition) is 2. The van der Waals surface area contributed by atoms with Crippen LogP contribution in [0.5, 0.6) is 5.75 Å². The SMILES string of the molecule is Cc1ccccc1Nc1ccc(O)c2c1C(=O)c1ccccc1C2=O. The predicted octanol–water partition coefficient (Wildman–Crippen LogP) is 4.22. The maximum atomic E-state index is 13.0. The second-order valence-electron chi connectivity index (χ2n) is 6.03. The van der Waals surface area contributed by atoms with Gasteiger partial charge in [0.05, 0.1) is 16.8 Å². The van der Waals surface area contributed by atoms with E-state index in [9.17, 15) is 14.7 Å². The molecule has 122 valence electrons. The Morgan fingerprint density at radius 3 is 2.00 bits per heavy atom. The fourth-order valence-electron chi connectivity index (χ4n) is 3.17. The first-order valence-electron chi connectivity index (χ1n) is 7.95. The number of para-hydroxylation sites is 1. The number of carbonyl (C=O) groups is 2. The van der Waals surface area contributed by atoms with Crippen LogP contribution in [0.2, 0.25) is 0 Å². The number of anilines is 2. The summed E-state index contributed by atoms with van der Waals surface area (Å²) >= 11 is 0. The molecule has 1 aliphatic carbocycles. The molecule has 4 nitrogen and oxygen atoms in total. The van der Waals surface area contributed by atoms with Crippen LogP contribution in [0.3, 0.4) is 0 Å². The molecule has 0 saturated carbocycles. The van der Waals surface area contributed by atoms with Crippen molar-refractivity contribution >= 4 is 22.9 Å². The molecule has 0 radical (unpaired) electrons. The van der Waals surface area contributed by atoms with Gasteiger partial charge in [-0.2, -0.15) is 0 Å². The molecule has 3 aromatic rings. The number of rotatable bonds is 2. The van der Waals surface area contributed by atoms with E-state index in [4.69, 9.17) is 0 Å². The molecule has 0 unspecified atom stereocenters. The Morgan fingerprint density at radius 2 is 1.32 bits per heavy atom. The predicted molar refractivity (Wildman–Crippen MR) is 95.9 cm³/mol. The first-order chi connectivity index (χ1) is 12.1. The highest BCUT2D eigenvalue weighted by Gasteiger charge is 2.33. The van der Waals surface area contributed by atoms with E-state index in [1.807, 2.05) is 31.2 Å². The van der Waals surface area contributed by atoms with E-state index < -0.39 is 0 Å². The summed E-state index contributed by atoms with van der Waals surface area (Å²) < 4.78 is 0. The number of ketones is 2. The van der Waals surface area contributed by atoms with Gasteiger partial charge in [0.1, 0.15) is 5.75 Å². The summed E-state index contributed by atoms with van der Waals surface area (Å²) in [6, 6.07) is 17.4. The Morgan fingerprint density at radius 1 is 0.720 bits per heavy atom. The van der Waals surface area contributed by atoms with Crippen LogP contribution in [-0.2, 0) is 0 Å². The standard InChI is InChI=1S/C21H15NO3/c1-12-6-2-5-9-15(12)22-16-10-11-17(23)19-18(16)20(24)13-7-3-4-8-14(13)21(19)25/h2-11,22-23H,1H3. The number of carbonyl (C=O) groups excluding carboxylic acids is 2. The van der Waals surface area contributed by atoms with E-state index in [-0.39, 0.29) is 28.4 Å². The number of phenolic OH excluding ortho intramolecular Hbond substituents is 1. The van der Waals surface area contributed by atoms with E-state index in [0.29, 0.717) is 16.8 Å². The molecule has 2 N–H and O–H groups in total. The molecule has 0 amide bonds. The van der Waals surface area contributed by atoms with E-state index >= 15 is 0 Å². The van der Waals surface area contributed by atoms with E-state index in [1.54, 1.807) is 30.3 Å². The number of benzene rings is 3. The van der Waals surface area contributed by atoms with Crippen molar-refractivity contribution < 1.29 is 14.7 Å². The van der Waals surface area contributed by atoms with Crippen molar-refractivity contribution in [3.8, 4) is 5.75 Å². The number of nitrogens with one attached hydrogen (secondary N) is 1. The smallest absolute Gasteiger partial charge is 0.198 e. The molecule has 25 heavy (non-hydrogen) atoms. The van der Waals surface area contributed by atoms with Crippen molar-refractivity contribution in [1.82, 2.24) is 0 Å². The number of phenols is 1. The molecule has 0 saturated heterocycles. The quantitative estimate of drug-likeness (QED) is 0.540.